The molecule has 3 aromatic carbocycles. The van der Waals surface area contributed by atoms with Gasteiger partial charge in [0, 0.05) is 44.0 Å². The molecule has 1 aliphatic heterocycles. The molecule has 1 fully saturated rings. The minimum atomic E-state index is -1.81. The number of fused-ring (bicyclic) bond motifs is 1. The van der Waals surface area contributed by atoms with Gasteiger partial charge in [0.1, 0.15) is 11.5 Å². The Hall–Kier alpha value is -2.50. The predicted octanol–water partition coefficient (Wildman–Crippen LogP) is 6.25. The Morgan fingerprint density at radius 1 is 0.875 bits per heavy atom. The number of nitrogens with zero attached hydrogens (tertiary/aromatic N) is 2. The summed E-state index contributed by atoms with van der Waals surface area (Å²) in [5.74, 6) is 1.37. The third-order valence-electron chi connectivity index (χ3n) is 7.15. The summed E-state index contributed by atoms with van der Waals surface area (Å²) in [6, 6.07) is 20.7. The first-order chi connectivity index (χ1) is 15.1. The minimum Gasteiger partial charge on any atom is -0.544 e. The SMILES string of the molecule is CC(C)(C)[Si](C)(C)Oc1ccc(N2CCN(Cc3c(O)ccc4ccccc34)CC2)cc1. The van der Waals surface area contributed by atoms with Crippen LogP contribution in [0.2, 0.25) is 18.1 Å². The maximum Gasteiger partial charge on any atom is 0.250 e. The number of phenolic OH excluding ortho intramolecular Hbond substituents is 1. The van der Waals surface area contributed by atoms with Gasteiger partial charge in [-0.15, -0.1) is 0 Å². The third-order valence-corrected chi connectivity index (χ3v) is 11.5. The summed E-state index contributed by atoms with van der Waals surface area (Å²) in [6.07, 6.45) is 0. The van der Waals surface area contributed by atoms with Crippen LogP contribution in [0.3, 0.4) is 0 Å². The molecule has 1 heterocycles. The highest BCUT2D eigenvalue weighted by Crippen LogP contribution is 2.37. The van der Waals surface area contributed by atoms with E-state index in [4.69, 9.17) is 4.43 Å². The van der Waals surface area contributed by atoms with Crippen molar-refractivity contribution in [3.63, 3.8) is 0 Å². The van der Waals surface area contributed by atoms with Crippen LogP contribution in [0.1, 0.15) is 26.3 Å². The number of benzene rings is 3. The molecule has 0 bridgehead atoms. The van der Waals surface area contributed by atoms with E-state index in [0.29, 0.717) is 5.75 Å². The van der Waals surface area contributed by atoms with Gasteiger partial charge in [0.25, 0.3) is 0 Å². The number of hydrogen-bond donors (Lipinski definition) is 1. The van der Waals surface area contributed by atoms with Crippen LogP contribution in [0, 0.1) is 0 Å². The standard InChI is InChI=1S/C27H36N2O2Si/c1-27(2,3)32(4,5)31-23-13-11-22(12-14-23)29-18-16-28(17-19-29)20-25-24-9-7-6-8-21(24)10-15-26(25)30/h6-15,30H,16-20H2,1-5H3. The topological polar surface area (TPSA) is 35.9 Å². The summed E-state index contributed by atoms with van der Waals surface area (Å²) in [5, 5.41) is 13.0. The van der Waals surface area contributed by atoms with Crippen LogP contribution in [0.15, 0.2) is 60.7 Å². The predicted molar refractivity (Wildman–Crippen MR) is 137 cm³/mol. The first-order valence-corrected chi connectivity index (χ1v) is 14.5. The van der Waals surface area contributed by atoms with E-state index in [1.165, 1.54) is 11.1 Å². The Morgan fingerprint density at radius 2 is 1.53 bits per heavy atom. The van der Waals surface area contributed by atoms with Crippen molar-refractivity contribution in [3.8, 4) is 11.5 Å². The molecule has 0 aromatic heterocycles. The summed E-state index contributed by atoms with van der Waals surface area (Å²) in [6.45, 7) is 16.1. The molecule has 170 valence electrons. The molecule has 0 unspecified atom stereocenters. The number of hydrogen-bond acceptors (Lipinski definition) is 4. The fourth-order valence-electron chi connectivity index (χ4n) is 4.05. The Balaban J connectivity index is 1.38. The van der Waals surface area contributed by atoms with Gasteiger partial charge in [-0.2, -0.15) is 0 Å². The lowest BCUT2D eigenvalue weighted by atomic mass is 10.0. The molecular formula is C27H36N2O2Si. The number of aromatic hydroxyl groups is 1. The molecule has 0 atom stereocenters. The van der Waals surface area contributed by atoms with Crippen molar-refractivity contribution in [2.75, 3.05) is 31.1 Å². The molecule has 4 nitrogen and oxygen atoms in total. The molecule has 4 rings (SSSR count). The highest BCUT2D eigenvalue weighted by Gasteiger charge is 2.38. The average Bonchev–Trinajstić information content (AvgIpc) is 2.76. The molecule has 1 N–H and O–H groups in total. The molecule has 0 amide bonds. The summed E-state index contributed by atoms with van der Waals surface area (Å²) in [4.78, 5) is 4.88. The van der Waals surface area contributed by atoms with E-state index in [1.54, 1.807) is 0 Å². The third kappa shape index (κ3) is 4.79. The number of rotatable bonds is 5. The lowest BCUT2D eigenvalue weighted by molar-refractivity contribution is 0.247. The van der Waals surface area contributed by atoms with Crippen LogP contribution in [0.4, 0.5) is 5.69 Å². The molecule has 3 aromatic rings. The van der Waals surface area contributed by atoms with Gasteiger partial charge in [0.05, 0.1) is 0 Å². The lowest BCUT2D eigenvalue weighted by Gasteiger charge is -2.37. The maximum absolute atomic E-state index is 10.5. The minimum absolute atomic E-state index is 0.195. The van der Waals surface area contributed by atoms with Gasteiger partial charge in [-0.3, -0.25) is 4.90 Å². The zero-order chi connectivity index (χ0) is 22.9. The van der Waals surface area contributed by atoms with E-state index >= 15 is 0 Å². The molecule has 32 heavy (non-hydrogen) atoms. The average molecular weight is 449 g/mol. The van der Waals surface area contributed by atoms with Gasteiger partial charge in [-0.1, -0.05) is 51.1 Å². The van der Waals surface area contributed by atoms with Gasteiger partial charge in [-0.25, -0.2) is 0 Å². The first kappa shape index (κ1) is 22.7. The quantitative estimate of drug-likeness (QED) is 0.468. The van der Waals surface area contributed by atoms with Crippen molar-refractivity contribution in [1.82, 2.24) is 4.90 Å². The highest BCUT2D eigenvalue weighted by molar-refractivity contribution is 6.74. The summed E-state index contributed by atoms with van der Waals surface area (Å²) >= 11 is 0. The van der Waals surface area contributed by atoms with Crippen LogP contribution in [-0.4, -0.2) is 44.5 Å². The van der Waals surface area contributed by atoms with E-state index in [0.717, 1.165) is 49.4 Å². The monoisotopic (exact) mass is 448 g/mol. The molecule has 5 heteroatoms. The van der Waals surface area contributed by atoms with Crippen LogP contribution in [-0.2, 0) is 6.54 Å². The number of anilines is 1. The van der Waals surface area contributed by atoms with Gasteiger partial charge < -0.3 is 14.4 Å². The fraction of sp³-hybridized carbons (Fsp3) is 0.407. The normalized spacial score (nSPS) is 15.8. The first-order valence-electron chi connectivity index (χ1n) is 11.6. The second kappa shape index (κ2) is 8.79. The van der Waals surface area contributed by atoms with Gasteiger partial charge in [0.2, 0.25) is 8.32 Å². The zero-order valence-corrected chi connectivity index (χ0v) is 21.1. The van der Waals surface area contributed by atoms with Crippen molar-refractivity contribution in [2.24, 2.45) is 0 Å². The van der Waals surface area contributed by atoms with Crippen molar-refractivity contribution >= 4 is 24.8 Å². The zero-order valence-electron chi connectivity index (χ0n) is 20.1. The summed E-state index contributed by atoms with van der Waals surface area (Å²) < 4.78 is 6.43. The molecule has 0 radical (unpaired) electrons. The lowest BCUT2D eigenvalue weighted by Crippen LogP contribution is -2.46. The van der Waals surface area contributed by atoms with Gasteiger partial charge >= 0.3 is 0 Å². The van der Waals surface area contributed by atoms with E-state index in [1.807, 2.05) is 24.3 Å². The highest BCUT2D eigenvalue weighted by atomic mass is 28.4. The summed E-state index contributed by atoms with van der Waals surface area (Å²) in [5.41, 5.74) is 2.28. The van der Waals surface area contributed by atoms with Crippen LogP contribution in [0.25, 0.3) is 10.8 Å². The second-order valence-electron chi connectivity index (χ2n) is 10.4. The maximum atomic E-state index is 10.5. The van der Waals surface area contributed by atoms with Crippen molar-refractivity contribution in [3.05, 3.63) is 66.2 Å². The smallest absolute Gasteiger partial charge is 0.250 e. The van der Waals surface area contributed by atoms with Crippen LogP contribution < -0.4 is 9.33 Å². The Bertz CT molecular complexity index is 1070. The van der Waals surface area contributed by atoms with Gasteiger partial charge in [-0.05, 0) is 59.2 Å². The van der Waals surface area contributed by atoms with Crippen LogP contribution in [0.5, 0.6) is 11.5 Å². The molecule has 0 spiro atoms. The molecule has 1 saturated heterocycles. The Morgan fingerprint density at radius 3 is 2.19 bits per heavy atom. The number of phenols is 1. The van der Waals surface area contributed by atoms with Crippen molar-refractivity contribution < 1.29 is 9.53 Å². The van der Waals surface area contributed by atoms with Crippen LogP contribution >= 0.6 is 0 Å². The fourth-order valence-corrected chi connectivity index (χ4v) is 5.08. The molecule has 0 aliphatic carbocycles. The summed E-state index contributed by atoms with van der Waals surface area (Å²) in [7, 11) is -1.81. The Kier molecular flexibility index (Phi) is 6.23. The number of piperazine rings is 1. The van der Waals surface area contributed by atoms with Crippen molar-refractivity contribution in [2.45, 2.75) is 45.4 Å². The second-order valence-corrected chi connectivity index (χ2v) is 15.1. The largest absolute Gasteiger partial charge is 0.544 e. The van der Waals surface area contributed by atoms with E-state index in [-0.39, 0.29) is 5.04 Å². The van der Waals surface area contributed by atoms with Gasteiger partial charge in [0.15, 0.2) is 0 Å². The van der Waals surface area contributed by atoms with E-state index < -0.39 is 8.32 Å². The molecule has 0 saturated carbocycles. The van der Waals surface area contributed by atoms with E-state index in [9.17, 15) is 5.11 Å². The van der Waals surface area contributed by atoms with Crippen molar-refractivity contribution in [1.29, 1.82) is 0 Å². The van der Waals surface area contributed by atoms with E-state index in [2.05, 4.69) is 80.1 Å². The molecule has 1 aliphatic rings. The molecular weight excluding hydrogens is 412 g/mol. The Labute approximate surface area is 193 Å².